The molecule has 2 unspecified atom stereocenters. The first-order valence-electron chi connectivity index (χ1n) is 5.30. The van der Waals surface area contributed by atoms with Crippen molar-refractivity contribution in [1.29, 1.82) is 0 Å². The minimum Gasteiger partial charge on any atom is -0.319 e. The number of fused-ring (bicyclic) bond motifs is 2. The van der Waals surface area contributed by atoms with Crippen LogP contribution in [0, 0.1) is 5.92 Å². The zero-order valence-corrected chi connectivity index (χ0v) is 9.89. The van der Waals surface area contributed by atoms with Crippen molar-refractivity contribution in [2.45, 2.75) is 18.9 Å². The van der Waals surface area contributed by atoms with Crippen molar-refractivity contribution in [3.05, 3.63) is 21.9 Å². The van der Waals surface area contributed by atoms with E-state index in [0.717, 1.165) is 0 Å². The maximum Gasteiger partial charge on any atom is 0.322 e. The molecule has 1 aliphatic heterocycles. The lowest BCUT2D eigenvalue weighted by Gasteiger charge is -2.32. The van der Waals surface area contributed by atoms with Crippen LogP contribution in [-0.4, -0.2) is 17.7 Å². The van der Waals surface area contributed by atoms with Crippen LogP contribution in [-0.2, 0) is 10.3 Å². The second-order valence-electron chi connectivity index (χ2n) is 4.45. The fourth-order valence-corrected chi connectivity index (χ4v) is 3.60. The molecule has 2 aliphatic rings. The zero-order valence-electron chi connectivity index (χ0n) is 9.07. The van der Waals surface area contributed by atoms with Gasteiger partial charge in [0.05, 0.1) is 4.88 Å². The summed E-state index contributed by atoms with van der Waals surface area (Å²) in [6, 6.07) is 1.23. The summed E-state index contributed by atoms with van der Waals surface area (Å²) in [7, 11) is 0. The number of nitrogens with one attached hydrogen (secondary N) is 2. The zero-order chi connectivity index (χ0) is 12.2. The Balaban J connectivity index is 2.21. The van der Waals surface area contributed by atoms with Crippen molar-refractivity contribution in [2.24, 2.45) is 5.92 Å². The molecule has 0 saturated carbocycles. The summed E-state index contributed by atoms with van der Waals surface area (Å²) in [6.45, 7) is 1.78. The van der Waals surface area contributed by atoms with Crippen molar-refractivity contribution in [1.82, 2.24) is 10.6 Å². The fraction of sp³-hybridized carbons (Fsp3) is 0.364. The minimum absolute atomic E-state index is 0.0424. The first-order chi connectivity index (χ1) is 8.04. The summed E-state index contributed by atoms with van der Waals surface area (Å²) in [6.07, 6.45) is 0.330. The topological polar surface area (TPSA) is 75.3 Å². The van der Waals surface area contributed by atoms with Crippen LogP contribution in [0.3, 0.4) is 0 Å². The van der Waals surface area contributed by atoms with Gasteiger partial charge in [-0.3, -0.25) is 14.9 Å². The average Bonchev–Trinajstić information content (AvgIpc) is 2.82. The third-order valence-corrected chi connectivity index (χ3v) is 4.40. The molecule has 88 valence electrons. The van der Waals surface area contributed by atoms with Gasteiger partial charge in [0.25, 0.3) is 5.91 Å². The van der Waals surface area contributed by atoms with Crippen LogP contribution >= 0.6 is 11.3 Å². The van der Waals surface area contributed by atoms with E-state index < -0.39 is 11.6 Å². The van der Waals surface area contributed by atoms with E-state index in [2.05, 4.69) is 10.6 Å². The number of rotatable bonds is 0. The molecule has 2 heterocycles. The third-order valence-electron chi connectivity index (χ3n) is 3.32. The van der Waals surface area contributed by atoms with E-state index in [-0.39, 0.29) is 17.6 Å². The predicted molar refractivity (Wildman–Crippen MR) is 60.8 cm³/mol. The van der Waals surface area contributed by atoms with E-state index in [9.17, 15) is 14.4 Å². The molecule has 17 heavy (non-hydrogen) atoms. The Labute approximate surface area is 101 Å². The second-order valence-corrected chi connectivity index (χ2v) is 5.36. The van der Waals surface area contributed by atoms with Gasteiger partial charge in [0, 0.05) is 11.5 Å². The highest BCUT2D eigenvalue weighted by Crippen LogP contribution is 2.42. The molecule has 2 atom stereocenters. The largest absolute Gasteiger partial charge is 0.322 e. The smallest absolute Gasteiger partial charge is 0.319 e. The number of amides is 3. The highest BCUT2D eigenvalue weighted by molar-refractivity contribution is 7.10. The van der Waals surface area contributed by atoms with Gasteiger partial charge in [0.1, 0.15) is 0 Å². The first-order valence-corrected chi connectivity index (χ1v) is 6.18. The van der Waals surface area contributed by atoms with Crippen molar-refractivity contribution in [2.75, 3.05) is 0 Å². The Morgan fingerprint density at radius 2 is 2.18 bits per heavy atom. The van der Waals surface area contributed by atoms with Crippen molar-refractivity contribution in [3.63, 3.8) is 0 Å². The standard InChI is InChI=1S/C11H10N2O3S/c1-5-4-11(9(15)12-10(16)13-11)8-6(7(5)14)2-3-17-8/h2-3,5H,4H2,1H3,(H2,12,13,15,16). The summed E-state index contributed by atoms with van der Waals surface area (Å²) < 4.78 is 0. The molecule has 0 bridgehead atoms. The normalized spacial score (nSPS) is 31.4. The molecule has 6 heteroatoms. The van der Waals surface area contributed by atoms with Gasteiger partial charge in [-0.25, -0.2) is 4.79 Å². The van der Waals surface area contributed by atoms with Crippen molar-refractivity contribution in [3.8, 4) is 0 Å². The lowest BCUT2D eigenvalue weighted by Crippen LogP contribution is -2.48. The Bertz CT molecular complexity index is 551. The average molecular weight is 250 g/mol. The molecule has 3 rings (SSSR count). The van der Waals surface area contributed by atoms with Crippen molar-refractivity contribution < 1.29 is 14.4 Å². The van der Waals surface area contributed by atoms with Crippen LogP contribution < -0.4 is 10.6 Å². The molecule has 1 aromatic heterocycles. The second kappa shape index (κ2) is 3.16. The Kier molecular flexibility index (Phi) is 1.95. The maximum atomic E-state index is 12.0. The first kappa shape index (κ1) is 10.5. The molecule has 3 amide bonds. The lowest BCUT2D eigenvalue weighted by molar-refractivity contribution is -0.124. The van der Waals surface area contributed by atoms with E-state index in [1.54, 1.807) is 18.4 Å². The SMILES string of the molecule is CC1CC2(NC(=O)NC2=O)c2sccc2C1=O. The van der Waals surface area contributed by atoms with Crippen LogP contribution in [0.5, 0.6) is 0 Å². The third kappa shape index (κ3) is 1.21. The van der Waals surface area contributed by atoms with Gasteiger partial charge < -0.3 is 5.32 Å². The Hall–Kier alpha value is -1.69. The van der Waals surface area contributed by atoms with Gasteiger partial charge in [-0.15, -0.1) is 11.3 Å². The van der Waals surface area contributed by atoms with Crippen LogP contribution in [0.4, 0.5) is 4.79 Å². The van der Waals surface area contributed by atoms with Gasteiger partial charge in [-0.2, -0.15) is 0 Å². The molecule has 1 saturated heterocycles. The van der Waals surface area contributed by atoms with Gasteiger partial charge in [0.2, 0.25) is 0 Å². The summed E-state index contributed by atoms with van der Waals surface area (Å²) >= 11 is 1.34. The lowest BCUT2D eigenvalue weighted by atomic mass is 9.76. The number of hydrogen-bond donors (Lipinski definition) is 2. The molecular formula is C11H10N2O3S. The number of carbonyl (C=O) groups is 3. The summed E-state index contributed by atoms with van der Waals surface area (Å²) in [4.78, 5) is 35.9. The quantitative estimate of drug-likeness (QED) is 0.675. The van der Waals surface area contributed by atoms with Crippen LogP contribution in [0.2, 0.25) is 0 Å². The number of urea groups is 1. The molecule has 0 radical (unpaired) electrons. The predicted octanol–water partition coefficient (Wildman–Crippen LogP) is 1.01. The number of Topliss-reactive ketones (excluding diaryl/α,β-unsaturated/α-hetero) is 1. The molecule has 0 aromatic carbocycles. The summed E-state index contributed by atoms with van der Waals surface area (Å²) in [5.41, 5.74) is -0.473. The monoisotopic (exact) mass is 250 g/mol. The van der Waals surface area contributed by atoms with Crippen molar-refractivity contribution >= 4 is 29.1 Å². The number of imide groups is 1. The molecule has 1 aromatic rings. The van der Waals surface area contributed by atoms with E-state index >= 15 is 0 Å². The van der Waals surface area contributed by atoms with Crippen LogP contribution in [0.25, 0.3) is 0 Å². The van der Waals surface area contributed by atoms with E-state index in [1.807, 2.05) is 0 Å². The summed E-state index contributed by atoms with van der Waals surface area (Å²) in [5, 5.41) is 6.70. The molecule has 1 spiro atoms. The number of thiophene rings is 1. The number of carbonyl (C=O) groups excluding carboxylic acids is 3. The number of ketones is 1. The molecule has 1 fully saturated rings. The molecule has 1 aliphatic carbocycles. The maximum absolute atomic E-state index is 12.0. The van der Waals surface area contributed by atoms with Gasteiger partial charge in [-0.1, -0.05) is 6.92 Å². The number of hydrogen-bond acceptors (Lipinski definition) is 4. The van der Waals surface area contributed by atoms with Crippen LogP contribution in [0.1, 0.15) is 28.6 Å². The van der Waals surface area contributed by atoms with Gasteiger partial charge >= 0.3 is 6.03 Å². The molecular weight excluding hydrogens is 240 g/mol. The van der Waals surface area contributed by atoms with E-state index in [4.69, 9.17) is 0 Å². The Morgan fingerprint density at radius 1 is 1.41 bits per heavy atom. The fourth-order valence-electron chi connectivity index (χ4n) is 2.54. The molecule has 5 nitrogen and oxygen atoms in total. The summed E-state index contributed by atoms with van der Waals surface area (Å²) in [5.74, 6) is -0.576. The molecule has 2 N–H and O–H groups in total. The van der Waals surface area contributed by atoms with E-state index in [1.165, 1.54) is 11.3 Å². The van der Waals surface area contributed by atoms with Crippen LogP contribution in [0.15, 0.2) is 11.4 Å². The Morgan fingerprint density at radius 3 is 2.82 bits per heavy atom. The minimum atomic E-state index is -1.03. The van der Waals surface area contributed by atoms with Gasteiger partial charge in [0.15, 0.2) is 11.3 Å². The van der Waals surface area contributed by atoms with E-state index in [0.29, 0.717) is 16.9 Å². The highest BCUT2D eigenvalue weighted by atomic mass is 32.1. The highest BCUT2D eigenvalue weighted by Gasteiger charge is 2.54. The van der Waals surface area contributed by atoms with Gasteiger partial charge in [-0.05, 0) is 17.9 Å².